The third-order valence-electron chi connectivity index (χ3n) is 3.68. The number of hydrogen-bond acceptors (Lipinski definition) is 6. The molecule has 7 heteroatoms. The molecule has 3 heterocycles. The minimum Gasteiger partial charge on any atom is -0.376 e. The number of rotatable bonds is 5. The fourth-order valence-electron chi connectivity index (χ4n) is 2.59. The number of aryl methyl sites for hydroxylation is 1. The first-order chi connectivity index (χ1) is 10.7. The van der Waals surface area contributed by atoms with Crippen LogP contribution in [0.2, 0.25) is 0 Å². The maximum atomic E-state index is 12.3. The Hall–Kier alpha value is -1.73. The number of carbonyl (C=O) groups is 1. The lowest BCUT2D eigenvalue weighted by Crippen LogP contribution is -2.43. The minimum absolute atomic E-state index is 0.0873. The number of nitrogens with zero attached hydrogens (tertiary/aromatic N) is 3. The summed E-state index contributed by atoms with van der Waals surface area (Å²) in [4.78, 5) is 18.4. The first-order valence-corrected chi connectivity index (χ1v) is 8.39. The third kappa shape index (κ3) is 3.72. The molecule has 1 aliphatic rings. The quantitative estimate of drug-likeness (QED) is 0.845. The Morgan fingerprint density at radius 1 is 1.59 bits per heavy atom. The molecule has 0 N–H and O–H groups in total. The molecule has 2 aromatic rings. The van der Waals surface area contributed by atoms with Gasteiger partial charge in [-0.05, 0) is 24.3 Å². The topological polar surface area (TPSA) is 68.5 Å². The first kappa shape index (κ1) is 15.2. The molecule has 1 aliphatic heterocycles. The molecule has 0 radical (unpaired) electrons. The maximum Gasteiger partial charge on any atom is 0.254 e. The van der Waals surface area contributed by atoms with Crippen molar-refractivity contribution in [3.8, 4) is 0 Å². The normalized spacial score (nSPS) is 18.6. The molecule has 0 bridgehead atoms. The zero-order valence-electron chi connectivity index (χ0n) is 12.5. The van der Waals surface area contributed by atoms with Crippen molar-refractivity contribution in [3.05, 3.63) is 34.1 Å². The lowest BCUT2D eigenvalue weighted by Gasteiger charge is -2.32. The highest BCUT2D eigenvalue weighted by Gasteiger charge is 2.25. The van der Waals surface area contributed by atoms with E-state index in [1.54, 1.807) is 18.3 Å². The van der Waals surface area contributed by atoms with Gasteiger partial charge >= 0.3 is 0 Å². The number of ether oxygens (including phenoxy) is 1. The summed E-state index contributed by atoms with van der Waals surface area (Å²) < 4.78 is 10.8. The summed E-state index contributed by atoms with van der Waals surface area (Å²) in [6.07, 6.45) is 2.68. The van der Waals surface area contributed by atoms with Gasteiger partial charge in [-0.1, -0.05) is 5.16 Å². The van der Waals surface area contributed by atoms with Crippen LogP contribution >= 0.6 is 11.3 Å². The number of thiophene rings is 1. The Bertz CT molecular complexity index is 611. The fraction of sp³-hybridized carbons (Fsp3) is 0.533. The van der Waals surface area contributed by atoms with Gasteiger partial charge in [0, 0.05) is 31.8 Å². The second-order valence-corrected chi connectivity index (χ2v) is 6.16. The van der Waals surface area contributed by atoms with Crippen LogP contribution in [0.1, 0.15) is 34.9 Å². The SMILES string of the molecule is Cc1nc(CCOC2CCCN(C(=O)c3ccsc3)C2)no1. The van der Waals surface area contributed by atoms with Crippen LogP contribution < -0.4 is 0 Å². The van der Waals surface area contributed by atoms with E-state index in [-0.39, 0.29) is 12.0 Å². The van der Waals surface area contributed by atoms with Gasteiger partial charge in [0.15, 0.2) is 5.82 Å². The lowest BCUT2D eigenvalue weighted by molar-refractivity contribution is 0.00253. The lowest BCUT2D eigenvalue weighted by atomic mass is 10.1. The molecule has 0 spiro atoms. The van der Waals surface area contributed by atoms with Crippen molar-refractivity contribution in [2.24, 2.45) is 0 Å². The number of piperidine rings is 1. The van der Waals surface area contributed by atoms with Crippen molar-refractivity contribution in [1.82, 2.24) is 15.0 Å². The number of aromatic nitrogens is 2. The molecule has 1 unspecified atom stereocenters. The molecule has 6 nitrogen and oxygen atoms in total. The molecular weight excluding hydrogens is 302 g/mol. The van der Waals surface area contributed by atoms with Crippen LogP contribution in [0.3, 0.4) is 0 Å². The predicted molar refractivity (Wildman–Crippen MR) is 81.9 cm³/mol. The molecule has 0 aliphatic carbocycles. The molecule has 3 rings (SSSR count). The summed E-state index contributed by atoms with van der Waals surface area (Å²) in [6, 6.07) is 1.87. The van der Waals surface area contributed by atoms with Gasteiger partial charge < -0.3 is 14.2 Å². The largest absolute Gasteiger partial charge is 0.376 e. The van der Waals surface area contributed by atoms with E-state index >= 15 is 0 Å². The number of amides is 1. The van der Waals surface area contributed by atoms with Crippen LogP contribution in [0.25, 0.3) is 0 Å². The summed E-state index contributed by atoms with van der Waals surface area (Å²) in [5, 5.41) is 7.67. The number of hydrogen-bond donors (Lipinski definition) is 0. The molecule has 118 valence electrons. The summed E-state index contributed by atoms with van der Waals surface area (Å²) in [6.45, 7) is 3.77. The van der Waals surface area contributed by atoms with Gasteiger partial charge in [-0.2, -0.15) is 16.3 Å². The standard InChI is InChI=1S/C15H19N3O3S/c1-11-16-14(17-21-11)4-7-20-13-3-2-6-18(9-13)15(19)12-5-8-22-10-12/h5,8,10,13H,2-4,6-7,9H2,1H3. The minimum atomic E-state index is 0.0873. The maximum absolute atomic E-state index is 12.3. The average Bonchev–Trinajstić information content (AvgIpc) is 3.19. The van der Waals surface area contributed by atoms with Gasteiger partial charge in [-0.15, -0.1) is 0 Å². The Morgan fingerprint density at radius 2 is 2.50 bits per heavy atom. The molecule has 22 heavy (non-hydrogen) atoms. The zero-order valence-corrected chi connectivity index (χ0v) is 13.3. The highest BCUT2D eigenvalue weighted by Crippen LogP contribution is 2.17. The van der Waals surface area contributed by atoms with E-state index in [1.807, 2.05) is 21.7 Å². The molecule has 2 aromatic heterocycles. The van der Waals surface area contributed by atoms with Crippen LogP contribution in [0.5, 0.6) is 0 Å². The molecule has 1 saturated heterocycles. The summed E-state index contributed by atoms with van der Waals surface area (Å²) in [5.74, 6) is 1.34. The van der Waals surface area contributed by atoms with E-state index in [0.717, 1.165) is 24.9 Å². The van der Waals surface area contributed by atoms with Crippen LogP contribution in [0, 0.1) is 6.92 Å². The van der Waals surface area contributed by atoms with Crippen molar-refractivity contribution in [3.63, 3.8) is 0 Å². The highest BCUT2D eigenvalue weighted by atomic mass is 32.1. The fourth-order valence-corrected chi connectivity index (χ4v) is 3.22. The summed E-state index contributed by atoms with van der Waals surface area (Å²) >= 11 is 1.54. The van der Waals surface area contributed by atoms with Gasteiger partial charge in [0.1, 0.15) is 0 Å². The van der Waals surface area contributed by atoms with Crippen molar-refractivity contribution < 1.29 is 14.1 Å². The first-order valence-electron chi connectivity index (χ1n) is 7.44. The van der Waals surface area contributed by atoms with Gasteiger partial charge in [0.25, 0.3) is 5.91 Å². The van der Waals surface area contributed by atoms with E-state index in [0.29, 0.717) is 31.3 Å². The molecule has 1 atom stereocenters. The van der Waals surface area contributed by atoms with E-state index in [1.165, 1.54) is 0 Å². The Labute approximate surface area is 133 Å². The van der Waals surface area contributed by atoms with Crippen molar-refractivity contribution in [2.75, 3.05) is 19.7 Å². The number of likely N-dealkylation sites (tertiary alicyclic amines) is 1. The highest BCUT2D eigenvalue weighted by molar-refractivity contribution is 7.08. The van der Waals surface area contributed by atoms with Crippen LogP contribution in [0.4, 0.5) is 0 Å². The summed E-state index contributed by atoms with van der Waals surface area (Å²) in [5.41, 5.74) is 0.771. The Balaban J connectivity index is 1.47. The molecule has 0 aromatic carbocycles. The van der Waals surface area contributed by atoms with Gasteiger partial charge in [-0.3, -0.25) is 4.79 Å². The van der Waals surface area contributed by atoms with Crippen LogP contribution in [0.15, 0.2) is 21.3 Å². The van der Waals surface area contributed by atoms with Crippen molar-refractivity contribution >= 4 is 17.2 Å². The molecule has 1 amide bonds. The second kappa shape index (κ2) is 7.02. The molecule has 0 saturated carbocycles. The Morgan fingerprint density at radius 3 is 3.23 bits per heavy atom. The van der Waals surface area contributed by atoms with E-state index in [4.69, 9.17) is 9.26 Å². The molecule has 1 fully saturated rings. The summed E-state index contributed by atoms with van der Waals surface area (Å²) in [7, 11) is 0. The van der Waals surface area contributed by atoms with Gasteiger partial charge in [-0.25, -0.2) is 0 Å². The Kier molecular flexibility index (Phi) is 4.84. The smallest absolute Gasteiger partial charge is 0.254 e. The van der Waals surface area contributed by atoms with E-state index in [9.17, 15) is 4.79 Å². The predicted octanol–water partition coefficient (Wildman–Crippen LogP) is 2.30. The van der Waals surface area contributed by atoms with E-state index < -0.39 is 0 Å². The van der Waals surface area contributed by atoms with Crippen molar-refractivity contribution in [2.45, 2.75) is 32.3 Å². The third-order valence-corrected chi connectivity index (χ3v) is 4.37. The number of carbonyl (C=O) groups excluding carboxylic acids is 1. The van der Waals surface area contributed by atoms with E-state index in [2.05, 4.69) is 10.1 Å². The van der Waals surface area contributed by atoms with Crippen molar-refractivity contribution in [1.29, 1.82) is 0 Å². The second-order valence-electron chi connectivity index (χ2n) is 5.38. The molecular formula is C15H19N3O3S. The van der Waals surface area contributed by atoms with Gasteiger partial charge in [0.05, 0.1) is 18.3 Å². The van der Waals surface area contributed by atoms with Gasteiger partial charge in [0.2, 0.25) is 5.89 Å². The van der Waals surface area contributed by atoms with Crippen LogP contribution in [-0.4, -0.2) is 46.7 Å². The zero-order chi connectivity index (χ0) is 15.4. The monoisotopic (exact) mass is 321 g/mol. The average molecular weight is 321 g/mol. The van der Waals surface area contributed by atoms with Crippen LogP contribution in [-0.2, 0) is 11.2 Å².